The molecule has 1 unspecified atom stereocenters. The van der Waals surface area contributed by atoms with Crippen LogP contribution in [0.25, 0.3) is 0 Å². The molecule has 0 saturated heterocycles. The van der Waals surface area contributed by atoms with Gasteiger partial charge in [0.15, 0.2) is 4.60 Å². The Labute approximate surface area is 99.7 Å². The van der Waals surface area contributed by atoms with E-state index < -0.39 is 6.10 Å². The van der Waals surface area contributed by atoms with Gasteiger partial charge in [-0.1, -0.05) is 5.21 Å². The average Bonchev–Trinajstić information content (AvgIpc) is 2.77. The first kappa shape index (κ1) is 10.8. The maximum absolute atomic E-state index is 10.0. The van der Waals surface area contributed by atoms with Crippen molar-refractivity contribution in [3.05, 3.63) is 32.7 Å². The number of nitrogens with zero attached hydrogens (tertiary/aromatic N) is 3. The summed E-state index contributed by atoms with van der Waals surface area (Å²) in [6, 6.07) is 2.01. The predicted octanol–water partition coefficient (Wildman–Crippen LogP) is 1.92. The summed E-state index contributed by atoms with van der Waals surface area (Å²) in [6.07, 6.45) is 0.0116. The van der Waals surface area contributed by atoms with E-state index in [1.54, 1.807) is 23.1 Å². The molecule has 0 aliphatic rings. The zero-order valence-corrected chi connectivity index (χ0v) is 10.5. The summed E-state index contributed by atoms with van der Waals surface area (Å²) < 4.78 is 2.19. The maximum Gasteiger partial charge on any atom is 0.154 e. The normalized spacial score (nSPS) is 13.0. The third-order valence-corrected chi connectivity index (χ3v) is 3.45. The first-order valence-corrected chi connectivity index (χ1v) is 6.16. The molecule has 0 aromatic carbocycles. The molecule has 1 atom stereocenters. The quantitative estimate of drug-likeness (QED) is 0.938. The van der Waals surface area contributed by atoms with Gasteiger partial charge in [0, 0.05) is 13.5 Å². The highest BCUT2D eigenvalue weighted by Gasteiger charge is 2.17. The highest BCUT2D eigenvalue weighted by atomic mass is 79.9. The Balaban J connectivity index is 2.18. The Hall–Kier alpha value is -0.720. The number of hydrogen-bond donors (Lipinski definition) is 1. The lowest BCUT2D eigenvalue weighted by molar-refractivity contribution is 0.168. The number of aliphatic hydroxyl groups excluding tert-OH is 1. The van der Waals surface area contributed by atoms with Gasteiger partial charge in [-0.25, -0.2) is 4.68 Å². The van der Waals surface area contributed by atoms with Crippen molar-refractivity contribution in [2.75, 3.05) is 0 Å². The molecule has 2 aromatic rings. The smallest absolute Gasteiger partial charge is 0.154 e. The van der Waals surface area contributed by atoms with E-state index in [0.29, 0.717) is 16.7 Å². The van der Waals surface area contributed by atoms with Crippen LogP contribution >= 0.6 is 27.3 Å². The molecule has 1 N–H and O–H groups in total. The van der Waals surface area contributed by atoms with Gasteiger partial charge in [-0.05, 0) is 38.3 Å². The van der Waals surface area contributed by atoms with E-state index in [2.05, 4.69) is 26.2 Å². The van der Waals surface area contributed by atoms with Gasteiger partial charge in [0.2, 0.25) is 0 Å². The van der Waals surface area contributed by atoms with Crippen molar-refractivity contribution >= 4 is 27.3 Å². The molecule has 0 amide bonds. The lowest BCUT2D eigenvalue weighted by atomic mass is 10.1. The molecule has 15 heavy (non-hydrogen) atoms. The number of aliphatic hydroxyl groups is 1. The number of hydrogen-bond acceptors (Lipinski definition) is 4. The van der Waals surface area contributed by atoms with E-state index in [-0.39, 0.29) is 0 Å². The van der Waals surface area contributed by atoms with E-state index >= 15 is 0 Å². The minimum atomic E-state index is -0.575. The van der Waals surface area contributed by atoms with E-state index in [9.17, 15) is 5.11 Å². The van der Waals surface area contributed by atoms with Gasteiger partial charge in [0.1, 0.15) is 11.8 Å². The molecule has 2 aromatic heterocycles. The topological polar surface area (TPSA) is 50.9 Å². The van der Waals surface area contributed by atoms with Gasteiger partial charge in [0.25, 0.3) is 0 Å². The van der Waals surface area contributed by atoms with Crippen LogP contribution in [0.1, 0.15) is 17.4 Å². The third kappa shape index (κ3) is 2.27. The first-order valence-electron chi connectivity index (χ1n) is 4.42. The van der Waals surface area contributed by atoms with E-state index in [0.717, 1.165) is 5.56 Å². The summed E-state index contributed by atoms with van der Waals surface area (Å²) in [5.41, 5.74) is 1.84. The van der Waals surface area contributed by atoms with Crippen molar-refractivity contribution in [2.24, 2.45) is 7.05 Å². The second kappa shape index (κ2) is 4.42. The molecule has 0 spiro atoms. The molecule has 0 fully saturated rings. The fourth-order valence-electron chi connectivity index (χ4n) is 1.42. The number of aromatic nitrogens is 3. The number of aryl methyl sites for hydroxylation is 1. The van der Waals surface area contributed by atoms with Gasteiger partial charge >= 0.3 is 0 Å². The maximum atomic E-state index is 10.0. The lowest BCUT2D eigenvalue weighted by Crippen LogP contribution is -2.08. The standard InChI is InChI=1S/C9H10BrN3OS/c1-13-8(9(10)11-12-13)7(14)4-6-2-3-15-5-6/h2-3,5,7,14H,4H2,1H3. The monoisotopic (exact) mass is 287 g/mol. The van der Waals surface area contributed by atoms with Gasteiger partial charge in [-0.3, -0.25) is 0 Å². The van der Waals surface area contributed by atoms with Crippen LogP contribution < -0.4 is 0 Å². The van der Waals surface area contributed by atoms with Crippen LogP contribution in [0.15, 0.2) is 21.4 Å². The molecule has 2 heterocycles. The van der Waals surface area contributed by atoms with Crippen molar-refractivity contribution in [3.63, 3.8) is 0 Å². The predicted molar refractivity (Wildman–Crippen MR) is 61.7 cm³/mol. The Morgan fingerprint density at radius 2 is 2.47 bits per heavy atom. The van der Waals surface area contributed by atoms with Crippen LogP contribution in [-0.4, -0.2) is 20.1 Å². The molecular weight excluding hydrogens is 278 g/mol. The zero-order chi connectivity index (χ0) is 10.8. The average molecular weight is 288 g/mol. The molecule has 4 nitrogen and oxygen atoms in total. The van der Waals surface area contributed by atoms with Crippen molar-refractivity contribution in [3.8, 4) is 0 Å². The summed E-state index contributed by atoms with van der Waals surface area (Å²) in [7, 11) is 1.77. The highest BCUT2D eigenvalue weighted by molar-refractivity contribution is 9.10. The molecular formula is C9H10BrN3OS. The van der Waals surface area contributed by atoms with Crippen LogP contribution in [0.2, 0.25) is 0 Å². The molecule has 2 rings (SSSR count). The highest BCUT2D eigenvalue weighted by Crippen LogP contribution is 2.24. The summed E-state index contributed by atoms with van der Waals surface area (Å²) >= 11 is 4.90. The number of rotatable bonds is 3. The molecule has 80 valence electrons. The Bertz CT molecular complexity index is 421. The second-order valence-corrected chi connectivity index (χ2v) is 4.77. The van der Waals surface area contributed by atoms with Gasteiger partial charge in [-0.2, -0.15) is 11.3 Å². The summed E-state index contributed by atoms with van der Waals surface area (Å²) in [5, 5.41) is 21.7. The molecule has 0 aliphatic carbocycles. The Morgan fingerprint density at radius 3 is 3.00 bits per heavy atom. The van der Waals surface area contributed by atoms with Crippen LogP contribution in [0.4, 0.5) is 0 Å². The summed E-state index contributed by atoms with van der Waals surface area (Å²) in [4.78, 5) is 0. The largest absolute Gasteiger partial charge is 0.386 e. The fraction of sp³-hybridized carbons (Fsp3) is 0.333. The molecule has 0 saturated carbocycles. The van der Waals surface area contributed by atoms with E-state index in [1.807, 2.05) is 16.8 Å². The minimum Gasteiger partial charge on any atom is -0.386 e. The van der Waals surface area contributed by atoms with E-state index in [1.165, 1.54) is 0 Å². The van der Waals surface area contributed by atoms with Crippen molar-refractivity contribution in [1.82, 2.24) is 15.0 Å². The number of thiophene rings is 1. The molecule has 0 bridgehead atoms. The van der Waals surface area contributed by atoms with Crippen molar-refractivity contribution < 1.29 is 5.11 Å². The third-order valence-electron chi connectivity index (χ3n) is 2.15. The lowest BCUT2D eigenvalue weighted by Gasteiger charge is -2.09. The van der Waals surface area contributed by atoms with Crippen molar-refractivity contribution in [1.29, 1.82) is 0 Å². The SMILES string of the molecule is Cn1nnc(Br)c1C(O)Cc1ccsc1. The fourth-order valence-corrected chi connectivity index (χ4v) is 2.69. The minimum absolute atomic E-state index is 0.575. The van der Waals surface area contributed by atoms with Gasteiger partial charge in [-0.15, -0.1) is 5.10 Å². The summed E-state index contributed by atoms with van der Waals surface area (Å²) in [6.45, 7) is 0. The Kier molecular flexibility index (Phi) is 3.18. The van der Waals surface area contributed by atoms with Crippen LogP contribution in [0.5, 0.6) is 0 Å². The second-order valence-electron chi connectivity index (χ2n) is 3.24. The first-order chi connectivity index (χ1) is 7.18. The molecule has 6 heteroatoms. The van der Waals surface area contributed by atoms with Crippen LogP contribution in [0.3, 0.4) is 0 Å². The number of halogens is 1. The van der Waals surface area contributed by atoms with E-state index in [4.69, 9.17) is 0 Å². The van der Waals surface area contributed by atoms with Crippen LogP contribution in [0, 0.1) is 0 Å². The van der Waals surface area contributed by atoms with Gasteiger partial charge < -0.3 is 5.11 Å². The zero-order valence-electron chi connectivity index (χ0n) is 8.09. The van der Waals surface area contributed by atoms with Crippen molar-refractivity contribution in [2.45, 2.75) is 12.5 Å². The molecule has 0 radical (unpaired) electrons. The van der Waals surface area contributed by atoms with Gasteiger partial charge in [0.05, 0.1) is 0 Å². The van der Waals surface area contributed by atoms with Crippen LogP contribution in [-0.2, 0) is 13.5 Å². The Morgan fingerprint density at radius 1 is 1.67 bits per heavy atom. The molecule has 0 aliphatic heterocycles. The summed E-state index contributed by atoms with van der Waals surface area (Å²) in [5.74, 6) is 0.